The molecule has 0 atom stereocenters. The summed E-state index contributed by atoms with van der Waals surface area (Å²) in [6, 6.07) is 59.1. The quantitative estimate of drug-likeness (QED) is 0.205. The van der Waals surface area contributed by atoms with Gasteiger partial charge in [-0.15, -0.1) is 11.3 Å². The van der Waals surface area contributed by atoms with Crippen LogP contribution >= 0.6 is 11.3 Å². The normalized spacial score (nSPS) is 11.3. The van der Waals surface area contributed by atoms with Gasteiger partial charge in [0.25, 0.3) is 0 Å². The largest absolute Gasteiger partial charge is 0.309 e. The maximum Gasteiger partial charge on any atom is 0.0640 e. The highest BCUT2D eigenvalue weighted by molar-refractivity contribution is 7.26. The molecule has 0 fully saturated rings. The Morgan fingerprint density at radius 2 is 0.881 bits per heavy atom. The van der Waals surface area contributed by atoms with Crippen molar-refractivity contribution in [3.8, 4) is 22.3 Å². The predicted molar refractivity (Wildman–Crippen MR) is 182 cm³/mol. The number of hydrogen-bond donors (Lipinski definition) is 0. The molecule has 7 aromatic carbocycles. The van der Waals surface area contributed by atoms with E-state index in [1.165, 1.54) is 58.9 Å². The molecule has 1 nitrogen and oxygen atoms in total. The van der Waals surface area contributed by atoms with Crippen LogP contribution in [0.25, 0.3) is 53.2 Å². The van der Waals surface area contributed by atoms with Crippen LogP contribution in [-0.2, 0) is 0 Å². The average molecular weight is 554 g/mol. The fourth-order valence-corrected chi connectivity index (χ4v) is 7.18. The maximum atomic E-state index is 2.40. The van der Waals surface area contributed by atoms with Gasteiger partial charge in [-0.1, -0.05) is 121 Å². The van der Waals surface area contributed by atoms with Crippen molar-refractivity contribution in [1.82, 2.24) is 0 Å². The van der Waals surface area contributed by atoms with Crippen LogP contribution in [-0.4, -0.2) is 0 Å². The van der Waals surface area contributed by atoms with Crippen molar-refractivity contribution in [3.05, 3.63) is 164 Å². The summed E-state index contributed by atoms with van der Waals surface area (Å²) >= 11 is 1.88. The second-order valence-corrected chi connectivity index (χ2v) is 11.7. The van der Waals surface area contributed by atoms with Crippen LogP contribution in [0.1, 0.15) is 0 Å². The maximum absolute atomic E-state index is 2.40. The highest BCUT2D eigenvalue weighted by Gasteiger charge is 2.18. The van der Waals surface area contributed by atoms with E-state index in [0.29, 0.717) is 0 Å². The molecule has 0 N–H and O–H groups in total. The van der Waals surface area contributed by atoms with Gasteiger partial charge in [0.05, 0.1) is 10.4 Å². The van der Waals surface area contributed by atoms with Crippen LogP contribution in [0.5, 0.6) is 0 Å². The third kappa shape index (κ3) is 4.34. The first-order valence-electron chi connectivity index (χ1n) is 14.3. The van der Waals surface area contributed by atoms with Crippen LogP contribution in [0.3, 0.4) is 0 Å². The van der Waals surface area contributed by atoms with Gasteiger partial charge >= 0.3 is 0 Å². The highest BCUT2D eigenvalue weighted by Crippen LogP contribution is 2.46. The summed E-state index contributed by atoms with van der Waals surface area (Å²) < 4.78 is 2.61. The number of nitrogens with zero attached hydrogens (tertiary/aromatic N) is 1. The van der Waals surface area contributed by atoms with Gasteiger partial charge in [-0.05, 0) is 75.5 Å². The monoisotopic (exact) mass is 553 g/mol. The first kappa shape index (κ1) is 24.6. The third-order valence-electron chi connectivity index (χ3n) is 8.05. The van der Waals surface area contributed by atoms with Crippen molar-refractivity contribution in [2.75, 3.05) is 4.90 Å². The summed E-state index contributed by atoms with van der Waals surface area (Å²) in [4.78, 5) is 2.40. The summed E-state index contributed by atoms with van der Waals surface area (Å²) in [5, 5.41) is 5.17. The summed E-state index contributed by atoms with van der Waals surface area (Å²) in [6.45, 7) is 0. The lowest BCUT2D eigenvalue weighted by Gasteiger charge is -2.26. The lowest BCUT2D eigenvalue weighted by molar-refractivity contribution is 1.30. The van der Waals surface area contributed by atoms with Gasteiger partial charge in [-0.25, -0.2) is 0 Å². The molecular weight excluding hydrogens is 527 g/mol. The second-order valence-electron chi connectivity index (χ2n) is 10.6. The van der Waals surface area contributed by atoms with Crippen molar-refractivity contribution >= 4 is 59.3 Å². The zero-order valence-corrected chi connectivity index (χ0v) is 23.8. The summed E-state index contributed by atoms with van der Waals surface area (Å²) in [5.74, 6) is 0. The molecule has 0 amide bonds. The number of rotatable bonds is 5. The van der Waals surface area contributed by atoms with Gasteiger partial charge in [0, 0.05) is 26.8 Å². The minimum absolute atomic E-state index is 1.14. The van der Waals surface area contributed by atoms with Gasteiger partial charge in [0.1, 0.15) is 0 Å². The van der Waals surface area contributed by atoms with E-state index in [2.05, 4.69) is 169 Å². The fourth-order valence-electron chi connectivity index (χ4n) is 5.94. The molecule has 8 rings (SSSR count). The van der Waals surface area contributed by atoms with Crippen LogP contribution in [0, 0.1) is 0 Å². The average Bonchev–Trinajstić information content (AvgIpc) is 3.43. The zero-order chi connectivity index (χ0) is 27.9. The number of fused-ring (bicyclic) bond motifs is 4. The van der Waals surface area contributed by atoms with Gasteiger partial charge in [-0.2, -0.15) is 0 Å². The minimum Gasteiger partial charge on any atom is -0.309 e. The first-order chi connectivity index (χ1) is 20.8. The lowest BCUT2D eigenvalue weighted by atomic mass is 10.0. The Hall–Kier alpha value is -5.18. The Kier molecular flexibility index (Phi) is 6.05. The molecule has 8 aromatic rings. The number of benzene rings is 7. The van der Waals surface area contributed by atoms with E-state index in [1.807, 2.05) is 11.3 Å². The smallest absolute Gasteiger partial charge is 0.0640 e. The van der Waals surface area contributed by atoms with E-state index in [4.69, 9.17) is 0 Å². The number of anilines is 3. The molecular formula is C40H27NS. The zero-order valence-electron chi connectivity index (χ0n) is 22.9. The van der Waals surface area contributed by atoms with Crippen molar-refractivity contribution in [2.45, 2.75) is 0 Å². The molecule has 1 heterocycles. The standard InChI is InChI=1S/C40H27NS/c1-3-10-28(11-4-1)30-18-22-34(23-19-30)41(35-24-20-31(21-25-35)29-12-5-2-6-13-29)38-17-9-16-36-37-26-32-14-7-8-15-33(32)27-39(37)42-40(36)38/h1-27H. The third-order valence-corrected chi connectivity index (χ3v) is 9.24. The Labute approximate surface area is 249 Å². The molecule has 0 spiro atoms. The van der Waals surface area contributed by atoms with Crippen molar-refractivity contribution in [3.63, 3.8) is 0 Å². The molecule has 0 saturated carbocycles. The van der Waals surface area contributed by atoms with E-state index >= 15 is 0 Å². The molecule has 0 aliphatic rings. The molecule has 0 saturated heterocycles. The Morgan fingerprint density at radius 3 is 1.45 bits per heavy atom. The number of hydrogen-bond acceptors (Lipinski definition) is 2. The van der Waals surface area contributed by atoms with E-state index < -0.39 is 0 Å². The van der Waals surface area contributed by atoms with Gasteiger partial charge < -0.3 is 4.90 Å². The van der Waals surface area contributed by atoms with E-state index in [9.17, 15) is 0 Å². The molecule has 0 unspecified atom stereocenters. The molecule has 0 radical (unpaired) electrons. The Morgan fingerprint density at radius 1 is 0.381 bits per heavy atom. The van der Waals surface area contributed by atoms with E-state index in [1.54, 1.807) is 0 Å². The van der Waals surface area contributed by atoms with Crippen molar-refractivity contribution < 1.29 is 0 Å². The fraction of sp³-hybridized carbons (Fsp3) is 0. The summed E-state index contributed by atoms with van der Waals surface area (Å²) in [5.41, 5.74) is 8.34. The van der Waals surface area contributed by atoms with E-state index in [-0.39, 0.29) is 0 Å². The predicted octanol–water partition coefficient (Wildman–Crippen LogP) is 12.0. The van der Waals surface area contributed by atoms with Gasteiger partial charge in [0.2, 0.25) is 0 Å². The van der Waals surface area contributed by atoms with Crippen LogP contribution in [0.15, 0.2) is 164 Å². The van der Waals surface area contributed by atoms with Crippen molar-refractivity contribution in [1.29, 1.82) is 0 Å². The first-order valence-corrected chi connectivity index (χ1v) is 15.1. The molecule has 42 heavy (non-hydrogen) atoms. The summed E-state index contributed by atoms with van der Waals surface area (Å²) in [7, 11) is 0. The van der Waals surface area contributed by atoms with Crippen LogP contribution in [0.2, 0.25) is 0 Å². The number of thiophene rings is 1. The van der Waals surface area contributed by atoms with Gasteiger partial charge in [0.15, 0.2) is 0 Å². The molecule has 1 aromatic heterocycles. The van der Waals surface area contributed by atoms with Crippen LogP contribution < -0.4 is 4.90 Å². The molecule has 0 aliphatic heterocycles. The van der Waals surface area contributed by atoms with Crippen molar-refractivity contribution in [2.24, 2.45) is 0 Å². The minimum atomic E-state index is 1.14. The van der Waals surface area contributed by atoms with Crippen LogP contribution in [0.4, 0.5) is 17.1 Å². The highest BCUT2D eigenvalue weighted by atomic mass is 32.1. The molecule has 2 heteroatoms. The van der Waals surface area contributed by atoms with E-state index in [0.717, 1.165) is 11.4 Å². The molecule has 0 bridgehead atoms. The Bertz CT molecular complexity index is 2080. The Balaban J connectivity index is 1.31. The molecule has 0 aliphatic carbocycles. The summed E-state index contributed by atoms with van der Waals surface area (Å²) in [6.07, 6.45) is 0. The lowest BCUT2D eigenvalue weighted by Crippen LogP contribution is -2.10. The second kappa shape index (κ2) is 10.3. The SMILES string of the molecule is c1ccc(-c2ccc(N(c3ccc(-c4ccccc4)cc3)c3cccc4c3sc3cc5ccccc5cc34)cc2)cc1. The van der Waals surface area contributed by atoms with Gasteiger partial charge in [-0.3, -0.25) is 0 Å². The molecule has 198 valence electrons. The topological polar surface area (TPSA) is 3.24 Å².